The minimum Gasteiger partial charge on any atom is -0.471 e. The van der Waals surface area contributed by atoms with Gasteiger partial charge in [-0.1, -0.05) is 17.7 Å². The lowest BCUT2D eigenvalue weighted by atomic mass is 10.1. The summed E-state index contributed by atoms with van der Waals surface area (Å²) in [5.74, 6) is -0.391. The quantitative estimate of drug-likeness (QED) is 0.636. The van der Waals surface area contributed by atoms with E-state index in [0.29, 0.717) is 21.6 Å². The average Bonchev–Trinajstić information content (AvgIpc) is 2.63. The molecule has 0 aliphatic heterocycles. The number of ether oxygens (including phenoxy) is 2. The van der Waals surface area contributed by atoms with Gasteiger partial charge >= 0.3 is 5.97 Å². The van der Waals surface area contributed by atoms with Crippen LogP contribution in [-0.4, -0.2) is 19.2 Å². The first-order chi connectivity index (χ1) is 12.4. The van der Waals surface area contributed by atoms with E-state index in [1.807, 2.05) is 13.0 Å². The first-order valence-electron chi connectivity index (χ1n) is 7.98. The molecule has 0 saturated carbocycles. The molecule has 1 aromatic heterocycles. The van der Waals surface area contributed by atoms with Gasteiger partial charge in [0.05, 0.1) is 12.5 Å². The zero-order valence-electron chi connectivity index (χ0n) is 14.5. The van der Waals surface area contributed by atoms with Gasteiger partial charge in [-0.15, -0.1) is 0 Å². The van der Waals surface area contributed by atoms with Crippen LogP contribution in [-0.2, 0) is 9.53 Å². The third kappa shape index (κ3) is 3.44. The molecule has 0 fully saturated rings. The number of halogens is 1. The molecule has 2 aromatic carbocycles. The van der Waals surface area contributed by atoms with Crippen molar-refractivity contribution in [2.75, 3.05) is 7.11 Å². The predicted molar refractivity (Wildman–Crippen MR) is 99.8 cm³/mol. The fraction of sp³-hybridized carbons (Fsp3) is 0.200. The number of carbonyl (C=O) groups excluding carboxylic acids is 1. The van der Waals surface area contributed by atoms with Crippen molar-refractivity contribution in [1.29, 1.82) is 0 Å². The highest BCUT2D eigenvalue weighted by atomic mass is 35.5. The molecule has 26 heavy (non-hydrogen) atoms. The van der Waals surface area contributed by atoms with E-state index in [1.165, 1.54) is 14.0 Å². The number of hydrogen-bond acceptors (Lipinski definition) is 5. The van der Waals surface area contributed by atoms with Gasteiger partial charge < -0.3 is 13.9 Å². The fourth-order valence-electron chi connectivity index (χ4n) is 2.57. The van der Waals surface area contributed by atoms with Crippen LogP contribution in [0.5, 0.6) is 5.75 Å². The summed E-state index contributed by atoms with van der Waals surface area (Å²) in [6.07, 6.45) is -0.961. The molecule has 3 aromatic rings. The Morgan fingerprint density at radius 2 is 1.85 bits per heavy atom. The van der Waals surface area contributed by atoms with Crippen molar-refractivity contribution < 1.29 is 18.7 Å². The minimum atomic E-state index is -0.961. The fourth-order valence-corrected chi connectivity index (χ4v) is 2.70. The molecule has 0 amide bonds. The highest BCUT2D eigenvalue weighted by molar-refractivity contribution is 6.30. The Balaban J connectivity index is 2.25. The standard InChI is InChI=1S/C20H17ClO5/c1-11-4-9-15-16(10-11)26-18(13-5-7-14(21)8-6-13)19(17(15)22)25-12(2)20(23)24-3/h4-10,12H,1-3H3/t12-/m1/s1. The van der Waals surface area contributed by atoms with Gasteiger partial charge in [-0.2, -0.15) is 0 Å². The average molecular weight is 373 g/mol. The van der Waals surface area contributed by atoms with Crippen LogP contribution in [0.1, 0.15) is 12.5 Å². The summed E-state index contributed by atoms with van der Waals surface area (Å²) >= 11 is 5.95. The number of aryl methyl sites for hydroxylation is 1. The van der Waals surface area contributed by atoms with Crippen molar-refractivity contribution >= 4 is 28.5 Å². The van der Waals surface area contributed by atoms with Crippen LogP contribution in [0.2, 0.25) is 5.02 Å². The normalized spacial score (nSPS) is 12.0. The van der Waals surface area contributed by atoms with E-state index in [2.05, 4.69) is 4.74 Å². The smallest absolute Gasteiger partial charge is 0.346 e. The lowest BCUT2D eigenvalue weighted by molar-refractivity contribution is -0.147. The lowest BCUT2D eigenvalue weighted by Gasteiger charge is -2.15. The van der Waals surface area contributed by atoms with Crippen LogP contribution in [0, 0.1) is 6.92 Å². The maximum Gasteiger partial charge on any atom is 0.346 e. The first-order valence-corrected chi connectivity index (χ1v) is 8.36. The molecule has 0 aliphatic carbocycles. The molecule has 134 valence electrons. The van der Waals surface area contributed by atoms with Crippen LogP contribution in [0.25, 0.3) is 22.3 Å². The molecule has 5 nitrogen and oxygen atoms in total. The first kappa shape index (κ1) is 18.0. The van der Waals surface area contributed by atoms with Crippen LogP contribution in [0.15, 0.2) is 51.7 Å². The maximum absolute atomic E-state index is 13.0. The second-order valence-corrected chi connectivity index (χ2v) is 6.32. The number of hydrogen-bond donors (Lipinski definition) is 0. The summed E-state index contributed by atoms with van der Waals surface area (Å²) < 4.78 is 16.3. The number of fused-ring (bicyclic) bond motifs is 1. The largest absolute Gasteiger partial charge is 0.471 e. The molecule has 0 unspecified atom stereocenters. The number of methoxy groups -OCH3 is 1. The van der Waals surface area contributed by atoms with Gasteiger partial charge in [0.2, 0.25) is 11.2 Å². The van der Waals surface area contributed by atoms with Crippen molar-refractivity contribution in [3.05, 3.63) is 63.3 Å². The molecular weight excluding hydrogens is 356 g/mol. The molecule has 6 heteroatoms. The molecule has 0 spiro atoms. The van der Waals surface area contributed by atoms with Crippen LogP contribution >= 0.6 is 11.6 Å². The van der Waals surface area contributed by atoms with E-state index in [-0.39, 0.29) is 16.9 Å². The predicted octanol–water partition coefficient (Wildman–Crippen LogP) is 4.36. The topological polar surface area (TPSA) is 65.7 Å². The van der Waals surface area contributed by atoms with E-state index < -0.39 is 12.1 Å². The summed E-state index contributed by atoms with van der Waals surface area (Å²) in [6.45, 7) is 3.42. The monoisotopic (exact) mass is 372 g/mol. The molecule has 3 rings (SSSR count). The Labute approximate surface area is 155 Å². The van der Waals surface area contributed by atoms with E-state index in [4.69, 9.17) is 20.8 Å². The van der Waals surface area contributed by atoms with Gasteiger partial charge in [-0.05, 0) is 55.8 Å². The second-order valence-electron chi connectivity index (χ2n) is 5.88. The van der Waals surface area contributed by atoms with Crippen LogP contribution in [0.4, 0.5) is 0 Å². The zero-order chi connectivity index (χ0) is 18.8. The molecule has 0 radical (unpaired) electrons. The molecular formula is C20H17ClO5. The van der Waals surface area contributed by atoms with Gasteiger partial charge in [-0.3, -0.25) is 4.79 Å². The summed E-state index contributed by atoms with van der Waals surface area (Å²) in [7, 11) is 1.26. The molecule has 0 bridgehead atoms. The molecule has 1 heterocycles. The van der Waals surface area contributed by atoms with Crippen molar-refractivity contribution in [2.45, 2.75) is 20.0 Å². The van der Waals surface area contributed by atoms with Gasteiger partial charge in [-0.25, -0.2) is 4.79 Å². The zero-order valence-corrected chi connectivity index (χ0v) is 15.3. The number of carbonyl (C=O) groups is 1. The van der Waals surface area contributed by atoms with Crippen LogP contribution < -0.4 is 10.2 Å². The highest BCUT2D eigenvalue weighted by Gasteiger charge is 2.23. The molecule has 0 N–H and O–H groups in total. The molecule has 0 saturated heterocycles. The van der Waals surface area contributed by atoms with E-state index in [0.717, 1.165) is 5.56 Å². The molecule has 0 aliphatic rings. The van der Waals surface area contributed by atoms with Crippen molar-refractivity contribution in [1.82, 2.24) is 0 Å². The summed E-state index contributed by atoms with van der Waals surface area (Å²) in [5.41, 5.74) is 1.66. The summed E-state index contributed by atoms with van der Waals surface area (Å²) in [4.78, 5) is 24.7. The minimum absolute atomic E-state index is 0.0402. The van der Waals surface area contributed by atoms with Gasteiger partial charge in [0.15, 0.2) is 11.9 Å². The SMILES string of the molecule is COC(=O)[C@@H](C)Oc1c(-c2ccc(Cl)cc2)oc2cc(C)ccc2c1=O. The Hall–Kier alpha value is -2.79. The highest BCUT2D eigenvalue weighted by Crippen LogP contribution is 2.32. The van der Waals surface area contributed by atoms with Crippen LogP contribution in [0.3, 0.4) is 0 Å². The Bertz CT molecular complexity index is 1020. The number of benzene rings is 2. The van der Waals surface area contributed by atoms with Gasteiger partial charge in [0.25, 0.3) is 0 Å². The summed E-state index contributed by atoms with van der Waals surface area (Å²) in [6, 6.07) is 12.1. The summed E-state index contributed by atoms with van der Waals surface area (Å²) in [5, 5.41) is 0.929. The maximum atomic E-state index is 13.0. The van der Waals surface area contributed by atoms with Gasteiger partial charge in [0.1, 0.15) is 5.58 Å². The van der Waals surface area contributed by atoms with Crippen molar-refractivity contribution in [3.8, 4) is 17.1 Å². The Kier molecular flexibility index (Phi) is 5.00. The van der Waals surface area contributed by atoms with E-state index >= 15 is 0 Å². The number of esters is 1. The van der Waals surface area contributed by atoms with Crippen molar-refractivity contribution in [3.63, 3.8) is 0 Å². The van der Waals surface area contributed by atoms with E-state index in [9.17, 15) is 9.59 Å². The Morgan fingerprint density at radius 3 is 2.50 bits per heavy atom. The number of rotatable bonds is 4. The van der Waals surface area contributed by atoms with Crippen molar-refractivity contribution in [2.24, 2.45) is 0 Å². The third-order valence-corrected chi connectivity index (χ3v) is 4.19. The lowest BCUT2D eigenvalue weighted by Crippen LogP contribution is -2.27. The molecule has 1 atom stereocenters. The second kappa shape index (κ2) is 7.22. The third-order valence-electron chi connectivity index (χ3n) is 3.94. The Morgan fingerprint density at radius 1 is 1.15 bits per heavy atom. The van der Waals surface area contributed by atoms with Gasteiger partial charge in [0, 0.05) is 10.6 Å². The van der Waals surface area contributed by atoms with E-state index in [1.54, 1.807) is 36.4 Å².